The van der Waals surface area contributed by atoms with Crippen LogP contribution in [0.4, 0.5) is 0 Å². The number of benzene rings is 1. The average molecular weight is 309 g/mol. The molecule has 0 saturated carbocycles. The number of sulfonamides is 1. The summed E-state index contributed by atoms with van der Waals surface area (Å²) in [6.07, 6.45) is 0.281. The lowest BCUT2D eigenvalue weighted by molar-refractivity contribution is -0.142. The number of rotatable bonds is 4. The maximum absolute atomic E-state index is 12.4. The Morgan fingerprint density at radius 3 is 2.52 bits per heavy atom. The normalized spacial score (nSPS) is 22.9. The van der Waals surface area contributed by atoms with E-state index in [4.69, 9.17) is 16.1 Å². The lowest BCUT2D eigenvalue weighted by atomic mass is 10.0. The molecule has 0 radical (unpaired) electrons. The van der Waals surface area contributed by atoms with Crippen LogP contribution in [0, 0.1) is 11.3 Å². The molecule has 7 nitrogen and oxygen atoms in total. The number of nitriles is 1. The fraction of sp³-hybridized carbons (Fsp3) is 0.385. The smallest absolute Gasteiger partial charge is 0.325 e. The van der Waals surface area contributed by atoms with Crippen molar-refractivity contribution in [2.45, 2.75) is 23.3 Å². The van der Waals surface area contributed by atoms with Crippen LogP contribution in [-0.4, -0.2) is 42.4 Å². The maximum Gasteiger partial charge on any atom is 0.325 e. The number of aliphatic carboxylic acids is 1. The number of hydrogen-bond donors (Lipinski definition) is 2. The zero-order valence-electron chi connectivity index (χ0n) is 11.2. The van der Waals surface area contributed by atoms with E-state index in [0.29, 0.717) is 0 Å². The second-order valence-corrected chi connectivity index (χ2v) is 6.97. The molecule has 8 heteroatoms. The van der Waals surface area contributed by atoms with Crippen LogP contribution in [0.1, 0.15) is 12.0 Å². The van der Waals surface area contributed by atoms with Crippen molar-refractivity contribution in [1.29, 1.82) is 5.26 Å². The third-order valence-corrected chi connectivity index (χ3v) is 5.40. The van der Waals surface area contributed by atoms with Crippen molar-refractivity contribution in [3.05, 3.63) is 29.8 Å². The van der Waals surface area contributed by atoms with Crippen molar-refractivity contribution in [3.8, 4) is 6.07 Å². The molecule has 1 saturated heterocycles. The molecule has 1 unspecified atom stereocenters. The molecule has 1 fully saturated rings. The van der Waals surface area contributed by atoms with Gasteiger partial charge in [0, 0.05) is 13.1 Å². The molecule has 1 heterocycles. The lowest BCUT2D eigenvalue weighted by Gasteiger charge is -2.20. The highest BCUT2D eigenvalue weighted by Gasteiger charge is 2.45. The highest BCUT2D eigenvalue weighted by atomic mass is 32.2. The van der Waals surface area contributed by atoms with E-state index in [2.05, 4.69) is 0 Å². The summed E-state index contributed by atoms with van der Waals surface area (Å²) in [4.78, 5) is 11.1. The van der Waals surface area contributed by atoms with Crippen LogP contribution in [0.2, 0.25) is 0 Å². The summed E-state index contributed by atoms with van der Waals surface area (Å²) in [5, 5.41) is 17.6. The van der Waals surface area contributed by atoms with Gasteiger partial charge in [0.1, 0.15) is 5.54 Å². The largest absolute Gasteiger partial charge is 0.480 e. The summed E-state index contributed by atoms with van der Waals surface area (Å²) in [5.74, 6) is -1.20. The van der Waals surface area contributed by atoms with E-state index in [1.54, 1.807) is 12.1 Å². The summed E-state index contributed by atoms with van der Waals surface area (Å²) in [7, 11) is -3.77. The number of hydrogen-bond acceptors (Lipinski definition) is 5. The minimum atomic E-state index is -3.77. The minimum Gasteiger partial charge on any atom is -0.480 e. The Labute approximate surface area is 122 Å². The third-order valence-electron chi connectivity index (χ3n) is 3.54. The van der Waals surface area contributed by atoms with Crippen molar-refractivity contribution < 1.29 is 18.3 Å². The molecule has 1 aromatic rings. The van der Waals surface area contributed by atoms with Gasteiger partial charge in [-0.3, -0.25) is 4.79 Å². The van der Waals surface area contributed by atoms with Crippen molar-refractivity contribution in [2.24, 2.45) is 5.73 Å². The first-order valence-electron chi connectivity index (χ1n) is 6.28. The van der Waals surface area contributed by atoms with Crippen LogP contribution in [0.3, 0.4) is 0 Å². The van der Waals surface area contributed by atoms with E-state index in [1.165, 1.54) is 12.1 Å². The van der Waals surface area contributed by atoms with Gasteiger partial charge in [-0.2, -0.15) is 9.57 Å². The van der Waals surface area contributed by atoms with E-state index < -0.39 is 21.5 Å². The number of nitrogens with zero attached hydrogens (tertiary/aromatic N) is 2. The SMILES string of the molecule is N#CCc1ccc(S(=O)(=O)N2CCC(N)(C(=O)O)C2)cc1. The van der Waals surface area contributed by atoms with Gasteiger partial charge < -0.3 is 10.8 Å². The van der Waals surface area contributed by atoms with E-state index in [9.17, 15) is 13.2 Å². The first kappa shape index (κ1) is 15.4. The zero-order valence-corrected chi connectivity index (χ0v) is 12.0. The van der Waals surface area contributed by atoms with Crippen LogP contribution in [0.5, 0.6) is 0 Å². The van der Waals surface area contributed by atoms with Crippen LogP contribution >= 0.6 is 0 Å². The number of carbonyl (C=O) groups is 1. The molecule has 21 heavy (non-hydrogen) atoms. The maximum atomic E-state index is 12.4. The summed E-state index contributed by atoms with van der Waals surface area (Å²) in [6, 6.07) is 7.95. The number of nitrogens with two attached hydrogens (primary N) is 1. The molecule has 0 aliphatic carbocycles. The number of carboxylic acid groups (broad SMARTS) is 1. The van der Waals surface area contributed by atoms with E-state index >= 15 is 0 Å². The van der Waals surface area contributed by atoms with E-state index in [-0.39, 0.29) is 30.8 Å². The van der Waals surface area contributed by atoms with Gasteiger partial charge in [0.2, 0.25) is 10.0 Å². The Kier molecular flexibility index (Phi) is 4.00. The van der Waals surface area contributed by atoms with Gasteiger partial charge in [-0.1, -0.05) is 12.1 Å². The number of carboxylic acids is 1. The molecule has 3 N–H and O–H groups in total. The van der Waals surface area contributed by atoms with Gasteiger partial charge in [-0.25, -0.2) is 8.42 Å². The predicted octanol–water partition coefficient (Wildman–Crippen LogP) is -0.0708. The van der Waals surface area contributed by atoms with Gasteiger partial charge in [0.15, 0.2) is 0 Å². The topological polar surface area (TPSA) is 124 Å². The Morgan fingerprint density at radius 1 is 1.43 bits per heavy atom. The zero-order chi connectivity index (χ0) is 15.7. The molecule has 0 bridgehead atoms. The highest BCUT2D eigenvalue weighted by molar-refractivity contribution is 7.89. The molecule has 1 atom stereocenters. The first-order chi connectivity index (χ1) is 9.79. The molecule has 0 aromatic heterocycles. The molecule has 2 rings (SSSR count). The molecule has 1 aliphatic rings. The fourth-order valence-corrected chi connectivity index (χ4v) is 3.71. The van der Waals surface area contributed by atoms with Crippen LogP contribution in [0.25, 0.3) is 0 Å². The van der Waals surface area contributed by atoms with E-state index in [1.807, 2.05) is 6.07 Å². The van der Waals surface area contributed by atoms with E-state index in [0.717, 1.165) is 9.87 Å². The summed E-state index contributed by atoms with van der Waals surface area (Å²) in [5.41, 5.74) is 4.87. The standard InChI is InChI=1S/C13H15N3O4S/c14-7-5-10-1-3-11(4-2-10)21(19,20)16-8-6-13(15,9-16)12(17)18/h1-4H,5-6,8-9,15H2,(H,17,18). The Morgan fingerprint density at radius 2 is 2.05 bits per heavy atom. The average Bonchev–Trinajstić information content (AvgIpc) is 2.85. The Bertz CT molecular complexity index is 693. The fourth-order valence-electron chi connectivity index (χ4n) is 2.20. The molecule has 1 aliphatic heterocycles. The van der Waals surface area contributed by atoms with Crippen molar-refractivity contribution in [1.82, 2.24) is 4.31 Å². The van der Waals surface area contributed by atoms with Gasteiger partial charge in [0.05, 0.1) is 17.4 Å². The molecular formula is C13H15N3O4S. The second kappa shape index (κ2) is 5.44. The monoisotopic (exact) mass is 309 g/mol. The minimum absolute atomic E-state index is 0.0684. The summed E-state index contributed by atoms with van der Waals surface area (Å²) < 4.78 is 25.9. The lowest BCUT2D eigenvalue weighted by Crippen LogP contribution is -2.50. The van der Waals surface area contributed by atoms with Crippen molar-refractivity contribution in [2.75, 3.05) is 13.1 Å². The van der Waals surface area contributed by atoms with Crippen molar-refractivity contribution in [3.63, 3.8) is 0 Å². The Hall–Kier alpha value is -1.95. The van der Waals surface area contributed by atoms with Gasteiger partial charge >= 0.3 is 5.97 Å². The second-order valence-electron chi connectivity index (χ2n) is 5.03. The molecule has 0 spiro atoms. The molecule has 1 aromatic carbocycles. The molecular weight excluding hydrogens is 294 g/mol. The van der Waals surface area contributed by atoms with Crippen molar-refractivity contribution >= 4 is 16.0 Å². The quantitative estimate of drug-likeness (QED) is 0.802. The van der Waals surface area contributed by atoms with Gasteiger partial charge in [-0.15, -0.1) is 0 Å². The molecule has 112 valence electrons. The van der Waals surface area contributed by atoms with Crippen LogP contribution in [-0.2, 0) is 21.2 Å². The highest BCUT2D eigenvalue weighted by Crippen LogP contribution is 2.26. The van der Waals surface area contributed by atoms with Crippen LogP contribution in [0.15, 0.2) is 29.2 Å². The first-order valence-corrected chi connectivity index (χ1v) is 7.72. The third kappa shape index (κ3) is 2.90. The molecule has 0 amide bonds. The summed E-state index contributed by atoms with van der Waals surface area (Å²) in [6.45, 7) is -0.171. The van der Waals surface area contributed by atoms with Crippen LogP contribution < -0.4 is 5.73 Å². The van der Waals surface area contributed by atoms with Gasteiger partial charge in [-0.05, 0) is 24.1 Å². The Balaban J connectivity index is 2.23. The van der Waals surface area contributed by atoms with Gasteiger partial charge in [0.25, 0.3) is 0 Å². The predicted molar refractivity (Wildman–Crippen MR) is 73.7 cm³/mol. The summed E-state index contributed by atoms with van der Waals surface area (Å²) >= 11 is 0.